The van der Waals surface area contributed by atoms with Crippen LogP contribution in [-0.2, 0) is 10.2 Å². The molecule has 5 heteroatoms. The lowest BCUT2D eigenvalue weighted by atomic mass is 9.64. The van der Waals surface area contributed by atoms with Crippen molar-refractivity contribution in [3.63, 3.8) is 0 Å². The monoisotopic (exact) mass is 320 g/mol. The van der Waals surface area contributed by atoms with Gasteiger partial charge in [0.1, 0.15) is 0 Å². The predicted octanol–water partition coefficient (Wildman–Crippen LogP) is 4.14. The first-order valence-electron chi connectivity index (χ1n) is 6.67. The summed E-state index contributed by atoms with van der Waals surface area (Å²) in [5.74, 6) is -1.02. The number of aliphatic carboxylic acids is 1. The molecule has 0 bridgehead atoms. The zero-order valence-electron chi connectivity index (χ0n) is 11.1. The maximum atomic E-state index is 12.5. The number of carboxylic acids is 1. The molecular formula is C16H13ClO3S. The van der Waals surface area contributed by atoms with Crippen molar-refractivity contribution in [1.82, 2.24) is 0 Å². The Bertz CT molecular complexity index is 702. The molecule has 1 N–H and O–H groups in total. The Balaban J connectivity index is 2.08. The average Bonchev–Trinajstić information content (AvgIpc) is 2.92. The van der Waals surface area contributed by atoms with Crippen molar-refractivity contribution < 1.29 is 14.7 Å². The van der Waals surface area contributed by atoms with Gasteiger partial charge in [0.05, 0.1) is 15.3 Å². The van der Waals surface area contributed by atoms with Crippen molar-refractivity contribution in [3.8, 4) is 0 Å². The summed E-state index contributed by atoms with van der Waals surface area (Å²) in [7, 11) is 0. The Morgan fingerprint density at radius 2 is 1.95 bits per heavy atom. The highest BCUT2D eigenvalue weighted by atomic mass is 35.5. The molecule has 0 amide bonds. The minimum absolute atomic E-state index is 0.156. The number of hydrogen-bond donors (Lipinski definition) is 1. The van der Waals surface area contributed by atoms with E-state index in [0.717, 1.165) is 6.42 Å². The Hall–Kier alpha value is -1.65. The molecule has 0 atom stereocenters. The summed E-state index contributed by atoms with van der Waals surface area (Å²) < 4.78 is 0. The molecule has 21 heavy (non-hydrogen) atoms. The van der Waals surface area contributed by atoms with E-state index in [9.17, 15) is 14.7 Å². The fraction of sp³-hybridized carbons (Fsp3) is 0.250. The fourth-order valence-electron chi connectivity index (χ4n) is 2.75. The van der Waals surface area contributed by atoms with Crippen LogP contribution in [-0.4, -0.2) is 16.9 Å². The lowest BCUT2D eigenvalue weighted by Crippen LogP contribution is -2.42. The highest BCUT2D eigenvalue weighted by Crippen LogP contribution is 2.47. The van der Waals surface area contributed by atoms with E-state index < -0.39 is 11.4 Å². The van der Waals surface area contributed by atoms with E-state index in [1.807, 2.05) is 5.38 Å². The molecule has 0 unspecified atom stereocenters. The van der Waals surface area contributed by atoms with Crippen molar-refractivity contribution in [2.24, 2.45) is 0 Å². The molecule has 1 saturated carbocycles. The molecule has 0 aliphatic heterocycles. The van der Waals surface area contributed by atoms with Gasteiger partial charge >= 0.3 is 5.97 Å². The number of carboxylic acid groups (broad SMARTS) is 1. The molecule has 1 heterocycles. The maximum Gasteiger partial charge on any atom is 0.314 e. The minimum Gasteiger partial charge on any atom is -0.481 e. The van der Waals surface area contributed by atoms with E-state index in [0.29, 0.717) is 28.8 Å². The van der Waals surface area contributed by atoms with Crippen molar-refractivity contribution >= 4 is 34.7 Å². The van der Waals surface area contributed by atoms with Crippen molar-refractivity contribution in [1.29, 1.82) is 0 Å². The first-order chi connectivity index (χ1) is 10.1. The smallest absolute Gasteiger partial charge is 0.314 e. The van der Waals surface area contributed by atoms with E-state index in [-0.39, 0.29) is 10.8 Å². The number of thiophene rings is 1. The topological polar surface area (TPSA) is 54.4 Å². The summed E-state index contributed by atoms with van der Waals surface area (Å²) in [6.07, 6.45) is 2.00. The Morgan fingerprint density at radius 3 is 2.48 bits per heavy atom. The maximum absolute atomic E-state index is 12.5. The van der Waals surface area contributed by atoms with Crippen LogP contribution >= 0.6 is 22.9 Å². The van der Waals surface area contributed by atoms with E-state index >= 15 is 0 Å². The Morgan fingerprint density at radius 1 is 1.19 bits per heavy atom. The number of carbonyl (C=O) groups is 2. The summed E-state index contributed by atoms with van der Waals surface area (Å²) in [5, 5.41) is 11.6. The van der Waals surface area contributed by atoms with Crippen molar-refractivity contribution in [2.45, 2.75) is 24.7 Å². The molecular weight excluding hydrogens is 308 g/mol. The van der Waals surface area contributed by atoms with Gasteiger partial charge in [-0.3, -0.25) is 9.59 Å². The second-order valence-electron chi connectivity index (χ2n) is 5.21. The molecule has 0 spiro atoms. The quantitative estimate of drug-likeness (QED) is 0.861. The molecule has 108 valence electrons. The van der Waals surface area contributed by atoms with E-state index in [1.165, 1.54) is 11.3 Å². The van der Waals surface area contributed by atoms with Gasteiger partial charge in [0.15, 0.2) is 0 Å². The van der Waals surface area contributed by atoms with Gasteiger partial charge in [-0.2, -0.15) is 0 Å². The van der Waals surface area contributed by atoms with Gasteiger partial charge in [0.25, 0.3) is 0 Å². The second-order valence-corrected chi connectivity index (χ2v) is 6.54. The highest BCUT2D eigenvalue weighted by molar-refractivity contribution is 7.12. The van der Waals surface area contributed by atoms with Crippen LogP contribution in [0.25, 0.3) is 0 Å². The van der Waals surface area contributed by atoms with Gasteiger partial charge in [-0.05, 0) is 35.9 Å². The second kappa shape index (κ2) is 5.28. The van der Waals surface area contributed by atoms with Gasteiger partial charge in [-0.1, -0.05) is 36.2 Å². The highest BCUT2D eigenvalue weighted by Gasteiger charge is 2.47. The van der Waals surface area contributed by atoms with Crippen molar-refractivity contribution in [3.05, 3.63) is 56.7 Å². The SMILES string of the molecule is O=C(c1cccs1)c1cccc(C2(C(=O)O)CCC2)c1Cl. The van der Waals surface area contributed by atoms with Gasteiger partial charge in [0, 0.05) is 5.56 Å². The zero-order valence-corrected chi connectivity index (χ0v) is 12.7. The molecule has 1 aromatic carbocycles. The van der Waals surface area contributed by atoms with Crippen LogP contribution in [0.1, 0.15) is 40.1 Å². The molecule has 0 radical (unpaired) electrons. The van der Waals surface area contributed by atoms with Gasteiger partial charge in [0.2, 0.25) is 5.78 Å². The van der Waals surface area contributed by atoms with Gasteiger partial charge in [-0.15, -0.1) is 11.3 Å². The summed E-state index contributed by atoms with van der Waals surface area (Å²) in [6, 6.07) is 8.64. The van der Waals surface area contributed by atoms with Crippen LogP contribution in [0.5, 0.6) is 0 Å². The number of benzene rings is 1. The summed E-state index contributed by atoms with van der Waals surface area (Å²) in [5.41, 5.74) is 0.0116. The Kier molecular flexibility index (Phi) is 3.59. The fourth-order valence-corrected chi connectivity index (χ4v) is 3.82. The third kappa shape index (κ3) is 2.19. The number of ketones is 1. The van der Waals surface area contributed by atoms with Crippen LogP contribution in [0.3, 0.4) is 0 Å². The summed E-state index contributed by atoms with van der Waals surface area (Å²) in [6.45, 7) is 0. The average molecular weight is 321 g/mol. The molecule has 2 aromatic rings. The van der Waals surface area contributed by atoms with E-state index in [1.54, 1.807) is 30.3 Å². The standard InChI is InChI=1S/C16H13ClO3S/c17-13-10(14(18)12-6-2-9-21-12)4-1-5-11(13)16(15(19)20)7-3-8-16/h1-2,4-6,9H,3,7-8H2,(H,19,20). The molecule has 0 saturated heterocycles. The third-order valence-corrected chi connectivity index (χ3v) is 5.40. The van der Waals surface area contributed by atoms with E-state index in [2.05, 4.69) is 0 Å². The molecule has 1 aromatic heterocycles. The van der Waals surface area contributed by atoms with Gasteiger partial charge < -0.3 is 5.11 Å². The third-order valence-electron chi connectivity index (χ3n) is 4.12. The zero-order chi connectivity index (χ0) is 15.0. The largest absolute Gasteiger partial charge is 0.481 e. The number of carbonyl (C=O) groups excluding carboxylic acids is 1. The van der Waals surface area contributed by atoms with Crippen LogP contribution in [0.15, 0.2) is 35.7 Å². The summed E-state index contributed by atoms with van der Waals surface area (Å²) >= 11 is 7.73. The first kappa shape index (κ1) is 14.3. The number of rotatable bonds is 4. The van der Waals surface area contributed by atoms with E-state index in [4.69, 9.17) is 11.6 Å². The normalized spacial score (nSPS) is 16.2. The Labute approximate surface area is 131 Å². The predicted molar refractivity (Wildman–Crippen MR) is 82.4 cm³/mol. The molecule has 3 nitrogen and oxygen atoms in total. The minimum atomic E-state index is -0.928. The lowest BCUT2D eigenvalue weighted by molar-refractivity contribution is -0.147. The van der Waals surface area contributed by atoms with Crippen LogP contribution in [0.2, 0.25) is 5.02 Å². The van der Waals surface area contributed by atoms with Crippen LogP contribution < -0.4 is 0 Å². The lowest BCUT2D eigenvalue weighted by Gasteiger charge is -2.38. The first-order valence-corrected chi connectivity index (χ1v) is 7.92. The van der Waals surface area contributed by atoms with Crippen LogP contribution in [0, 0.1) is 0 Å². The molecule has 1 aliphatic carbocycles. The summed E-state index contributed by atoms with van der Waals surface area (Å²) in [4.78, 5) is 24.7. The van der Waals surface area contributed by atoms with Crippen molar-refractivity contribution in [2.75, 3.05) is 0 Å². The molecule has 3 rings (SSSR count). The molecule has 1 aliphatic rings. The van der Waals surface area contributed by atoms with Crippen LogP contribution in [0.4, 0.5) is 0 Å². The molecule has 1 fully saturated rings. The number of hydrogen-bond acceptors (Lipinski definition) is 3. The van der Waals surface area contributed by atoms with Gasteiger partial charge in [-0.25, -0.2) is 0 Å². The number of halogens is 1.